The number of hydrogen-bond acceptors (Lipinski definition) is 3. The van der Waals surface area contributed by atoms with Crippen LogP contribution in [-0.4, -0.2) is 20.9 Å². The molecule has 0 aliphatic carbocycles. The third-order valence-electron chi connectivity index (χ3n) is 2.60. The van der Waals surface area contributed by atoms with Gasteiger partial charge in [-0.05, 0) is 36.4 Å². The molecule has 0 spiro atoms. The van der Waals surface area contributed by atoms with Crippen LogP contribution in [0.5, 0.6) is 0 Å². The van der Waals surface area contributed by atoms with Gasteiger partial charge in [-0.3, -0.25) is 4.79 Å². The maximum Gasteiger partial charge on any atom is 0.241 e. The molecule has 0 atom stereocenters. The number of halogens is 1. The molecule has 0 heterocycles. The van der Waals surface area contributed by atoms with Crippen LogP contribution in [-0.2, 0) is 14.8 Å². The minimum atomic E-state index is -3.67. The summed E-state index contributed by atoms with van der Waals surface area (Å²) in [5, 5.41) is 2.61. The van der Waals surface area contributed by atoms with Gasteiger partial charge in [0, 0.05) is 10.2 Å². The van der Waals surface area contributed by atoms with Crippen molar-refractivity contribution < 1.29 is 13.2 Å². The summed E-state index contributed by atoms with van der Waals surface area (Å²) in [7, 11) is -3.67. The zero-order valence-electron chi connectivity index (χ0n) is 10.9. The molecule has 0 radical (unpaired) electrons. The van der Waals surface area contributed by atoms with Gasteiger partial charge in [0.05, 0.1) is 11.4 Å². The summed E-state index contributed by atoms with van der Waals surface area (Å²) in [5.41, 5.74) is 0.599. The summed E-state index contributed by atoms with van der Waals surface area (Å²) in [5.74, 6) is -0.433. The van der Waals surface area contributed by atoms with Gasteiger partial charge >= 0.3 is 0 Å². The van der Waals surface area contributed by atoms with Crippen LogP contribution < -0.4 is 10.0 Å². The van der Waals surface area contributed by atoms with E-state index in [4.69, 9.17) is 0 Å². The first kappa shape index (κ1) is 15.7. The normalized spacial score (nSPS) is 11.1. The molecule has 1 amide bonds. The van der Waals surface area contributed by atoms with Gasteiger partial charge in [-0.1, -0.05) is 34.1 Å². The summed E-state index contributed by atoms with van der Waals surface area (Å²) in [6, 6.07) is 14.9. The molecule has 0 aromatic heterocycles. The Morgan fingerprint density at radius 3 is 2.24 bits per heavy atom. The SMILES string of the molecule is O=C(CNS(=O)(=O)c1ccccc1)Nc1ccc(Br)cc1. The van der Waals surface area contributed by atoms with Gasteiger partial charge in [0.2, 0.25) is 15.9 Å². The highest BCUT2D eigenvalue weighted by molar-refractivity contribution is 9.10. The predicted molar refractivity (Wildman–Crippen MR) is 84.4 cm³/mol. The van der Waals surface area contributed by atoms with Crippen molar-refractivity contribution in [2.24, 2.45) is 0 Å². The average molecular weight is 369 g/mol. The number of hydrogen-bond donors (Lipinski definition) is 2. The highest BCUT2D eigenvalue weighted by atomic mass is 79.9. The maximum atomic E-state index is 11.9. The minimum Gasteiger partial charge on any atom is -0.325 e. The molecule has 21 heavy (non-hydrogen) atoms. The number of anilines is 1. The van der Waals surface area contributed by atoms with Crippen molar-refractivity contribution >= 4 is 37.5 Å². The van der Waals surface area contributed by atoms with Gasteiger partial charge in [0.25, 0.3) is 0 Å². The summed E-state index contributed by atoms with van der Waals surface area (Å²) in [6.07, 6.45) is 0. The number of nitrogens with one attached hydrogen (secondary N) is 2. The van der Waals surface area contributed by atoms with Crippen molar-refractivity contribution in [3.05, 3.63) is 59.1 Å². The van der Waals surface area contributed by atoms with E-state index in [-0.39, 0.29) is 11.4 Å². The average Bonchev–Trinajstić information content (AvgIpc) is 2.49. The third kappa shape index (κ3) is 4.66. The molecular formula is C14H13BrN2O3S. The monoisotopic (exact) mass is 368 g/mol. The van der Waals surface area contributed by atoms with Crippen molar-refractivity contribution in [1.82, 2.24) is 4.72 Å². The lowest BCUT2D eigenvalue weighted by Crippen LogP contribution is -2.32. The Morgan fingerprint density at radius 1 is 1.00 bits per heavy atom. The molecule has 0 aliphatic heterocycles. The summed E-state index contributed by atoms with van der Waals surface area (Å²) in [4.78, 5) is 11.9. The van der Waals surface area contributed by atoms with Crippen LogP contribution in [0, 0.1) is 0 Å². The van der Waals surface area contributed by atoms with Crippen LogP contribution in [0.3, 0.4) is 0 Å². The first-order valence-corrected chi connectivity index (χ1v) is 8.35. The molecule has 2 aromatic rings. The smallest absolute Gasteiger partial charge is 0.241 e. The van der Waals surface area contributed by atoms with E-state index in [0.717, 1.165) is 4.47 Å². The highest BCUT2D eigenvalue weighted by Crippen LogP contribution is 2.14. The van der Waals surface area contributed by atoms with Gasteiger partial charge in [-0.2, -0.15) is 0 Å². The first-order chi connectivity index (χ1) is 9.97. The Morgan fingerprint density at radius 2 is 1.62 bits per heavy atom. The molecule has 0 bridgehead atoms. The van der Waals surface area contributed by atoms with Gasteiger partial charge in [-0.15, -0.1) is 0 Å². The zero-order valence-corrected chi connectivity index (χ0v) is 13.3. The standard InChI is InChI=1S/C14H13BrN2O3S/c15-11-6-8-12(9-7-11)17-14(18)10-16-21(19,20)13-4-2-1-3-5-13/h1-9,16H,10H2,(H,17,18). The van der Waals surface area contributed by atoms with Gasteiger partial charge in [-0.25, -0.2) is 13.1 Å². The molecule has 0 unspecified atom stereocenters. The topological polar surface area (TPSA) is 75.3 Å². The molecule has 2 rings (SSSR count). The molecule has 0 saturated carbocycles. The molecule has 0 saturated heterocycles. The summed E-state index contributed by atoms with van der Waals surface area (Å²) < 4.78 is 27.0. The molecule has 0 aliphatic rings. The number of sulfonamides is 1. The van der Waals surface area contributed by atoms with Crippen LogP contribution in [0.15, 0.2) is 64.0 Å². The van der Waals surface area contributed by atoms with Crippen LogP contribution in [0.25, 0.3) is 0 Å². The van der Waals surface area contributed by atoms with E-state index in [1.807, 2.05) is 0 Å². The van der Waals surface area contributed by atoms with Crippen molar-refractivity contribution in [2.75, 3.05) is 11.9 Å². The second-order valence-electron chi connectivity index (χ2n) is 4.19. The van der Waals surface area contributed by atoms with Gasteiger partial charge in [0.15, 0.2) is 0 Å². The Kier molecular flexibility index (Phi) is 5.11. The van der Waals surface area contributed by atoms with Crippen LogP contribution >= 0.6 is 15.9 Å². The van der Waals surface area contributed by atoms with Crippen molar-refractivity contribution in [1.29, 1.82) is 0 Å². The Balaban J connectivity index is 1.93. The lowest BCUT2D eigenvalue weighted by atomic mass is 10.3. The van der Waals surface area contributed by atoms with E-state index in [9.17, 15) is 13.2 Å². The second kappa shape index (κ2) is 6.84. The molecule has 5 nitrogen and oxygen atoms in total. The van der Waals surface area contributed by atoms with E-state index in [1.165, 1.54) is 12.1 Å². The lowest BCUT2D eigenvalue weighted by molar-refractivity contribution is -0.115. The highest BCUT2D eigenvalue weighted by Gasteiger charge is 2.14. The summed E-state index contributed by atoms with van der Waals surface area (Å²) in [6.45, 7) is -0.326. The number of rotatable bonds is 5. The fourth-order valence-electron chi connectivity index (χ4n) is 1.58. The van der Waals surface area contributed by atoms with E-state index >= 15 is 0 Å². The van der Waals surface area contributed by atoms with Crippen molar-refractivity contribution in [2.45, 2.75) is 4.90 Å². The van der Waals surface area contributed by atoms with Crippen molar-refractivity contribution in [3.8, 4) is 0 Å². The van der Waals surface area contributed by atoms with Crippen LogP contribution in [0.4, 0.5) is 5.69 Å². The number of amides is 1. The maximum absolute atomic E-state index is 11.9. The van der Waals surface area contributed by atoms with E-state index in [0.29, 0.717) is 5.69 Å². The summed E-state index contributed by atoms with van der Waals surface area (Å²) >= 11 is 3.29. The lowest BCUT2D eigenvalue weighted by Gasteiger charge is -2.08. The molecule has 7 heteroatoms. The third-order valence-corrected chi connectivity index (χ3v) is 4.55. The van der Waals surface area contributed by atoms with Gasteiger partial charge < -0.3 is 5.32 Å². The Bertz CT molecular complexity index is 716. The Labute approximate surface area is 131 Å². The van der Waals surface area contributed by atoms with E-state index < -0.39 is 15.9 Å². The first-order valence-electron chi connectivity index (χ1n) is 6.07. The number of carbonyl (C=O) groups is 1. The van der Waals surface area contributed by atoms with Crippen molar-refractivity contribution in [3.63, 3.8) is 0 Å². The fourth-order valence-corrected chi connectivity index (χ4v) is 2.85. The molecule has 110 valence electrons. The molecule has 0 fully saturated rings. The van der Waals surface area contributed by atoms with Gasteiger partial charge in [0.1, 0.15) is 0 Å². The predicted octanol–water partition coefficient (Wildman–Crippen LogP) is 2.37. The number of benzene rings is 2. The second-order valence-corrected chi connectivity index (χ2v) is 6.88. The fraction of sp³-hybridized carbons (Fsp3) is 0.0714. The molecule has 2 N–H and O–H groups in total. The van der Waals surface area contributed by atoms with Crippen LogP contribution in [0.2, 0.25) is 0 Å². The molecule has 2 aromatic carbocycles. The van der Waals surface area contributed by atoms with Crippen LogP contribution in [0.1, 0.15) is 0 Å². The van der Waals surface area contributed by atoms with E-state index in [2.05, 4.69) is 26.0 Å². The minimum absolute atomic E-state index is 0.126. The number of carbonyl (C=O) groups excluding carboxylic acids is 1. The largest absolute Gasteiger partial charge is 0.325 e. The Hall–Kier alpha value is -1.70. The molecular weight excluding hydrogens is 356 g/mol. The zero-order chi connectivity index (χ0) is 15.3. The van der Waals surface area contributed by atoms with E-state index in [1.54, 1.807) is 42.5 Å². The quantitative estimate of drug-likeness (QED) is 0.850.